The lowest BCUT2D eigenvalue weighted by Gasteiger charge is -2.33. The topological polar surface area (TPSA) is 96.0 Å². The number of hydrogen-bond donors (Lipinski definition) is 1. The smallest absolute Gasteiger partial charge is 0.264 e. The number of halogens is 1. The van der Waals surface area contributed by atoms with E-state index in [1.165, 1.54) is 24.1 Å². The third-order valence-electron chi connectivity index (χ3n) is 6.42. The van der Waals surface area contributed by atoms with Gasteiger partial charge in [-0.05, 0) is 89.1 Å². The molecular formula is C31H38BrN3O5S. The number of aryl methyl sites for hydroxylation is 2. The van der Waals surface area contributed by atoms with Gasteiger partial charge in [0.25, 0.3) is 10.0 Å². The first-order valence-corrected chi connectivity index (χ1v) is 15.5. The van der Waals surface area contributed by atoms with E-state index < -0.39 is 34.1 Å². The normalized spacial score (nSPS) is 12.4. The van der Waals surface area contributed by atoms with Crippen molar-refractivity contribution in [1.29, 1.82) is 0 Å². The molecule has 1 N–H and O–H groups in total. The maximum Gasteiger partial charge on any atom is 0.264 e. The fraction of sp³-hybridized carbons (Fsp3) is 0.355. The molecular weight excluding hydrogens is 606 g/mol. The quantitative estimate of drug-likeness (QED) is 0.310. The van der Waals surface area contributed by atoms with E-state index in [-0.39, 0.29) is 23.0 Å². The molecule has 0 spiro atoms. The van der Waals surface area contributed by atoms with Crippen LogP contribution in [0.15, 0.2) is 76.1 Å². The zero-order valence-electron chi connectivity index (χ0n) is 24.6. The second-order valence-corrected chi connectivity index (χ2v) is 13.8. The number of sulfonamides is 1. The highest BCUT2D eigenvalue weighted by Crippen LogP contribution is 2.34. The molecule has 0 radical (unpaired) electrons. The van der Waals surface area contributed by atoms with Crippen molar-refractivity contribution in [1.82, 2.24) is 10.2 Å². The maximum atomic E-state index is 14.1. The molecule has 0 aliphatic carbocycles. The highest BCUT2D eigenvalue weighted by Gasteiger charge is 2.34. The van der Waals surface area contributed by atoms with E-state index in [0.29, 0.717) is 5.75 Å². The van der Waals surface area contributed by atoms with Gasteiger partial charge >= 0.3 is 0 Å². The number of hydrogen-bond acceptors (Lipinski definition) is 5. The van der Waals surface area contributed by atoms with Crippen LogP contribution < -0.4 is 14.4 Å². The van der Waals surface area contributed by atoms with Gasteiger partial charge in [0.1, 0.15) is 18.3 Å². The van der Waals surface area contributed by atoms with Crippen molar-refractivity contribution in [3.05, 3.63) is 87.9 Å². The van der Waals surface area contributed by atoms with Crippen molar-refractivity contribution in [2.75, 3.05) is 18.0 Å². The van der Waals surface area contributed by atoms with Crippen LogP contribution in [-0.4, -0.2) is 50.4 Å². The number of nitrogens with one attached hydrogen (secondary N) is 1. The van der Waals surface area contributed by atoms with Gasteiger partial charge in [-0.2, -0.15) is 0 Å². The summed E-state index contributed by atoms with van der Waals surface area (Å²) in [6, 6.07) is 18.1. The first-order valence-electron chi connectivity index (χ1n) is 13.2. The fourth-order valence-corrected chi connectivity index (χ4v) is 5.87. The van der Waals surface area contributed by atoms with Crippen LogP contribution in [0.5, 0.6) is 5.75 Å². The van der Waals surface area contributed by atoms with Gasteiger partial charge in [-0.25, -0.2) is 8.42 Å². The summed E-state index contributed by atoms with van der Waals surface area (Å²) in [5.74, 6) is -0.579. The van der Waals surface area contributed by atoms with Crippen LogP contribution in [0.4, 0.5) is 5.69 Å². The minimum absolute atomic E-state index is 0.0393. The summed E-state index contributed by atoms with van der Waals surface area (Å²) in [7, 11) is -2.75. The number of carbonyl (C=O) groups is 2. The molecule has 0 aliphatic heterocycles. The number of ether oxygens (including phenoxy) is 1. The zero-order valence-corrected chi connectivity index (χ0v) is 27.0. The number of benzene rings is 3. The molecule has 41 heavy (non-hydrogen) atoms. The Hall–Kier alpha value is -3.37. The van der Waals surface area contributed by atoms with Gasteiger partial charge in [0.2, 0.25) is 11.8 Å². The summed E-state index contributed by atoms with van der Waals surface area (Å²) >= 11 is 3.42. The van der Waals surface area contributed by atoms with Crippen LogP contribution in [0.25, 0.3) is 0 Å². The number of methoxy groups -OCH3 is 1. The minimum atomic E-state index is -4.20. The van der Waals surface area contributed by atoms with E-state index in [4.69, 9.17) is 4.74 Å². The Bertz CT molecular complexity index is 1480. The molecule has 3 rings (SSSR count). The molecule has 10 heteroatoms. The fourth-order valence-electron chi connectivity index (χ4n) is 4.19. The van der Waals surface area contributed by atoms with Crippen LogP contribution in [0.3, 0.4) is 0 Å². The molecule has 0 unspecified atom stereocenters. The van der Waals surface area contributed by atoms with E-state index in [1.807, 2.05) is 58.9 Å². The predicted octanol–water partition coefficient (Wildman–Crippen LogP) is 5.60. The largest absolute Gasteiger partial charge is 0.495 e. The van der Waals surface area contributed by atoms with Crippen LogP contribution in [0.2, 0.25) is 0 Å². The lowest BCUT2D eigenvalue weighted by Crippen LogP contribution is -2.54. The van der Waals surface area contributed by atoms with Crippen LogP contribution >= 0.6 is 15.9 Å². The van der Waals surface area contributed by atoms with Gasteiger partial charge in [0.05, 0.1) is 17.7 Å². The third-order valence-corrected chi connectivity index (χ3v) is 8.73. The summed E-state index contributed by atoms with van der Waals surface area (Å²) in [5, 5.41) is 2.93. The SMILES string of the molecule is COc1ccc(C)cc1N(CC(=O)N(Cc1ccc(Br)cc1)[C@H](C)C(=O)NC(C)(C)C)S(=O)(=O)c1ccc(C)cc1. The lowest BCUT2D eigenvalue weighted by atomic mass is 10.1. The molecule has 0 heterocycles. The molecule has 3 aromatic rings. The number of amides is 2. The zero-order chi connectivity index (χ0) is 30.5. The van der Waals surface area contributed by atoms with E-state index >= 15 is 0 Å². The Labute approximate surface area is 251 Å². The molecule has 0 saturated carbocycles. The highest BCUT2D eigenvalue weighted by molar-refractivity contribution is 9.10. The van der Waals surface area contributed by atoms with E-state index in [0.717, 1.165) is 25.5 Å². The van der Waals surface area contributed by atoms with Crippen LogP contribution in [0, 0.1) is 13.8 Å². The van der Waals surface area contributed by atoms with Gasteiger partial charge in [-0.1, -0.05) is 51.8 Å². The molecule has 0 aliphatic rings. The van der Waals surface area contributed by atoms with Crippen molar-refractivity contribution in [3.8, 4) is 5.75 Å². The summed E-state index contributed by atoms with van der Waals surface area (Å²) < 4.78 is 35.6. The van der Waals surface area contributed by atoms with Gasteiger partial charge in [0.15, 0.2) is 0 Å². The molecule has 3 aromatic carbocycles. The number of nitrogens with zero attached hydrogens (tertiary/aromatic N) is 2. The van der Waals surface area contributed by atoms with Crippen LogP contribution in [0.1, 0.15) is 44.4 Å². The standard InChI is InChI=1S/C31H38BrN3O5S/c1-21-8-15-26(16-9-21)41(38,39)35(27-18-22(2)10-17-28(27)40-7)20-29(36)34(19-24-11-13-25(32)14-12-24)23(3)30(37)33-31(4,5)6/h8-18,23H,19-20H2,1-7H3,(H,33,37)/t23-/m1/s1. The van der Waals surface area contributed by atoms with Gasteiger partial charge in [-0.3, -0.25) is 13.9 Å². The molecule has 220 valence electrons. The maximum absolute atomic E-state index is 14.1. The molecule has 0 saturated heterocycles. The third kappa shape index (κ3) is 8.33. The van der Waals surface area contributed by atoms with Gasteiger partial charge in [-0.15, -0.1) is 0 Å². The number of carbonyl (C=O) groups excluding carboxylic acids is 2. The Morgan fingerprint density at radius 1 is 0.951 bits per heavy atom. The average Bonchev–Trinajstić information content (AvgIpc) is 2.90. The second-order valence-electron chi connectivity index (χ2n) is 11.1. The summed E-state index contributed by atoms with van der Waals surface area (Å²) in [4.78, 5) is 28.8. The first-order chi connectivity index (χ1) is 19.1. The Morgan fingerprint density at radius 3 is 2.10 bits per heavy atom. The summed E-state index contributed by atoms with van der Waals surface area (Å²) in [6.45, 7) is 10.5. The van der Waals surface area contributed by atoms with Crippen molar-refractivity contribution in [2.24, 2.45) is 0 Å². The minimum Gasteiger partial charge on any atom is -0.495 e. The van der Waals surface area contributed by atoms with E-state index in [1.54, 1.807) is 37.3 Å². The van der Waals surface area contributed by atoms with Crippen molar-refractivity contribution >= 4 is 43.5 Å². The van der Waals surface area contributed by atoms with Crippen molar-refractivity contribution in [2.45, 2.75) is 64.6 Å². The monoisotopic (exact) mass is 643 g/mol. The Kier molecular flexibility index (Phi) is 10.3. The van der Waals surface area contributed by atoms with E-state index in [2.05, 4.69) is 21.2 Å². The summed E-state index contributed by atoms with van der Waals surface area (Å²) in [6.07, 6.45) is 0. The first kappa shape index (κ1) is 32.1. The molecule has 0 bridgehead atoms. The predicted molar refractivity (Wildman–Crippen MR) is 165 cm³/mol. The van der Waals surface area contributed by atoms with Crippen LogP contribution in [-0.2, 0) is 26.2 Å². The summed E-state index contributed by atoms with van der Waals surface area (Å²) in [5.41, 5.74) is 2.20. The lowest BCUT2D eigenvalue weighted by molar-refractivity contribution is -0.140. The number of anilines is 1. The van der Waals surface area contributed by atoms with Gasteiger partial charge < -0.3 is 15.0 Å². The average molecular weight is 645 g/mol. The molecule has 0 aromatic heterocycles. The Balaban J connectivity index is 2.10. The van der Waals surface area contributed by atoms with Crippen molar-refractivity contribution < 1.29 is 22.7 Å². The number of rotatable bonds is 10. The molecule has 2 amide bonds. The highest BCUT2D eigenvalue weighted by atomic mass is 79.9. The van der Waals surface area contributed by atoms with Gasteiger partial charge in [0, 0.05) is 16.6 Å². The van der Waals surface area contributed by atoms with E-state index in [9.17, 15) is 18.0 Å². The van der Waals surface area contributed by atoms with Crippen molar-refractivity contribution in [3.63, 3.8) is 0 Å². The molecule has 1 atom stereocenters. The molecule has 8 nitrogen and oxygen atoms in total. The molecule has 0 fully saturated rings. The second kappa shape index (κ2) is 13.1. The Morgan fingerprint density at radius 2 is 1.54 bits per heavy atom.